The summed E-state index contributed by atoms with van der Waals surface area (Å²) >= 11 is 0. The molecule has 1 rings (SSSR count). The van der Waals surface area contributed by atoms with Gasteiger partial charge in [0.25, 0.3) is 0 Å². The fraction of sp³-hybridized carbons (Fsp3) is 0.667. The van der Waals surface area contributed by atoms with Crippen LogP contribution in [0.5, 0.6) is 0 Å². The van der Waals surface area contributed by atoms with Crippen molar-refractivity contribution in [3.63, 3.8) is 0 Å². The summed E-state index contributed by atoms with van der Waals surface area (Å²) in [6.07, 6.45) is -0.0602. The second kappa shape index (κ2) is 0.697. The van der Waals surface area contributed by atoms with E-state index in [1.54, 1.807) is 0 Å². The van der Waals surface area contributed by atoms with E-state index in [2.05, 4.69) is 4.74 Å². The van der Waals surface area contributed by atoms with Gasteiger partial charge in [-0.15, -0.1) is 0 Å². The molecule has 0 aromatic rings. The molecule has 2 nitrogen and oxygen atoms in total. The first-order valence-electron chi connectivity index (χ1n) is 1.44. The van der Waals surface area contributed by atoms with E-state index in [1.807, 2.05) is 6.07 Å². The van der Waals surface area contributed by atoms with Crippen molar-refractivity contribution >= 4 is 0 Å². The molecule has 1 fully saturated rings. The van der Waals surface area contributed by atoms with E-state index in [9.17, 15) is 0 Å². The number of hydrogen-bond donors (Lipinski definition) is 0. The summed E-state index contributed by atoms with van der Waals surface area (Å²) in [7, 11) is 0. The molecule has 0 spiro atoms. The van der Waals surface area contributed by atoms with E-state index in [-0.39, 0.29) is 6.10 Å². The molecule has 1 aliphatic heterocycles. The maximum absolute atomic E-state index is 7.83. The van der Waals surface area contributed by atoms with Crippen LogP contribution in [0.1, 0.15) is 0 Å². The van der Waals surface area contributed by atoms with Crippen molar-refractivity contribution in [2.75, 3.05) is 6.61 Å². The van der Waals surface area contributed by atoms with E-state index in [4.69, 9.17) is 5.26 Å². The van der Waals surface area contributed by atoms with Gasteiger partial charge in [0.05, 0.1) is 12.7 Å². The molecule has 0 radical (unpaired) electrons. The summed E-state index contributed by atoms with van der Waals surface area (Å²) in [5, 5.41) is 7.83. The van der Waals surface area contributed by atoms with Gasteiger partial charge in [0.15, 0.2) is 6.10 Å². The Hall–Kier alpha value is -0.550. The molecule has 1 aliphatic rings. The first-order valence-corrected chi connectivity index (χ1v) is 1.44. The lowest BCUT2D eigenvalue weighted by atomic mass is 10.6. The number of epoxide rings is 1. The standard InChI is InChI=1S/C3H3NO/c4-1-3-2-5-3/h3H,2H2/t3-/m1/s1. The van der Waals surface area contributed by atoms with E-state index in [0.29, 0.717) is 6.61 Å². The summed E-state index contributed by atoms with van der Waals surface area (Å²) in [6, 6.07) is 1.92. The van der Waals surface area contributed by atoms with E-state index in [0.717, 1.165) is 0 Å². The van der Waals surface area contributed by atoms with E-state index < -0.39 is 0 Å². The number of nitrogens with zero attached hydrogens (tertiary/aromatic N) is 1. The molecule has 0 amide bonds. The number of hydrogen-bond acceptors (Lipinski definition) is 2. The van der Waals surface area contributed by atoms with Crippen molar-refractivity contribution in [2.24, 2.45) is 0 Å². The second-order valence-corrected chi connectivity index (χ2v) is 0.951. The number of nitriles is 1. The van der Waals surface area contributed by atoms with Crippen LogP contribution >= 0.6 is 0 Å². The van der Waals surface area contributed by atoms with Gasteiger partial charge in [-0.1, -0.05) is 0 Å². The zero-order valence-electron chi connectivity index (χ0n) is 2.64. The zero-order chi connectivity index (χ0) is 3.70. The monoisotopic (exact) mass is 69.0 g/mol. The van der Waals surface area contributed by atoms with Crippen LogP contribution in [0, 0.1) is 11.3 Å². The average Bonchev–Trinajstić information content (AvgIpc) is 2.12. The van der Waals surface area contributed by atoms with Crippen LogP contribution in [0.15, 0.2) is 0 Å². The highest BCUT2D eigenvalue weighted by Gasteiger charge is 2.20. The maximum atomic E-state index is 7.83. The Morgan fingerprint density at radius 2 is 2.60 bits per heavy atom. The minimum absolute atomic E-state index is 0.0602. The molecular weight excluding hydrogens is 66.0 g/mol. The van der Waals surface area contributed by atoms with E-state index in [1.165, 1.54) is 0 Å². The fourth-order valence-corrected chi connectivity index (χ4v) is 0.123. The topological polar surface area (TPSA) is 36.3 Å². The Bertz CT molecular complexity index is 69.5. The Morgan fingerprint density at radius 3 is 2.60 bits per heavy atom. The summed E-state index contributed by atoms with van der Waals surface area (Å²) in [5.41, 5.74) is 0. The van der Waals surface area contributed by atoms with Crippen LogP contribution in [-0.4, -0.2) is 12.7 Å². The molecule has 2 heteroatoms. The maximum Gasteiger partial charge on any atom is 0.167 e. The second-order valence-electron chi connectivity index (χ2n) is 0.951. The molecule has 1 atom stereocenters. The van der Waals surface area contributed by atoms with Gasteiger partial charge in [-0.3, -0.25) is 0 Å². The minimum atomic E-state index is -0.0602. The molecule has 1 saturated heterocycles. The van der Waals surface area contributed by atoms with Crippen LogP contribution in [0.3, 0.4) is 0 Å². The lowest BCUT2D eigenvalue weighted by molar-refractivity contribution is 0.443. The van der Waals surface area contributed by atoms with Crippen molar-refractivity contribution in [1.82, 2.24) is 0 Å². The highest BCUT2D eigenvalue weighted by molar-refractivity contribution is 4.92. The fourth-order valence-electron chi connectivity index (χ4n) is 0.123. The SMILES string of the molecule is N#C[C@@H]1CO1. The Labute approximate surface area is 30.0 Å². The lowest BCUT2D eigenvalue weighted by Crippen LogP contribution is -1.67. The molecule has 0 aromatic carbocycles. The first-order chi connectivity index (χ1) is 2.43. The predicted octanol–water partition coefficient (Wildman–Crippen LogP) is -0.0912. The Kier molecular flexibility index (Phi) is 0.373. The zero-order valence-corrected chi connectivity index (χ0v) is 2.64. The molecule has 0 unspecified atom stereocenters. The van der Waals surface area contributed by atoms with Crippen molar-refractivity contribution in [1.29, 1.82) is 5.26 Å². The van der Waals surface area contributed by atoms with Crippen molar-refractivity contribution in [2.45, 2.75) is 6.10 Å². The molecule has 0 N–H and O–H groups in total. The molecular formula is C3H3NO. The van der Waals surface area contributed by atoms with Gasteiger partial charge in [-0.2, -0.15) is 5.26 Å². The predicted molar refractivity (Wildman–Crippen MR) is 15.4 cm³/mol. The summed E-state index contributed by atoms with van der Waals surface area (Å²) in [6.45, 7) is 0.649. The van der Waals surface area contributed by atoms with Gasteiger partial charge in [0.2, 0.25) is 0 Å². The van der Waals surface area contributed by atoms with Crippen LogP contribution in [0.4, 0.5) is 0 Å². The van der Waals surface area contributed by atoms with E-state index >= 15 is 0 Å². The lowest BCUT2D eigenvalue weighted by Gasteiger charge is -1.49. The molecule has 0 saturated carbocycles. The molecule has 5 heavy (non-hydrogen) atoms. The highest BCUT2D eigenvalue weighted by Crippen LogP contribution is 2.04. The Morgan fingerprint density at radius 1 is 2.00 bits per heavy atom. The van der Waals surface area contributed by atoms with Gasteiger partial charge in [0.1, 0.15) is 0 Å². The van der Waals surface area contributed by atoms with Gasteiger partial charge >= 0.3 is 0 Å². The number of rotatable bonds is 0. The summed E-state index contributed by atoms with van der Waals surface area (Å²) in [4.78, 5) is 0. The third-order valence-electron chi connectivity index (χ3n) is 0.477. The van der Waals surface area contributed by atoms with Crippen molar-refractivity contribution < 1.29 is 4.74 Å². The quantitative estimate of drug-likeness (QED) is 0.373. The van der Waals surface area contributed by atoms with Crippen LogP contribution in [0.25, 0.3) is 0 Å². The summed E-state index contributed by atoms with van der Waals surface area (Å²) < 4.78 is 4.50. The van der Waals surface area contributed by atoms with Crippen LogP contribution in [0.2, 0.25) is 0 Å². The largest absolute Gasteiger partial charge is 0.357 e. The summed E-state index contributed by atoms with van der Waals surface area (Å²) in [5.74, 6) is 0. The smallest absolute Gasteiger partial charge is 0.167 e. The van der Waals surface area contributed by atoms with Gasteiger partial charge in [-0.05, 0) is 0 Å². The minimum Gasteiger partial charge on any atom is -0.357 e. The molecule has 1 heterocycles. The van der Waals surface area contributed by atoms with Crippen molar-refractivity contribution in [3.8, 4) is 6.07 Å². The molecule has 0 aliphatic carbocycles. The number of ether oxygens (including phenoxy) is 1. The van der Waals surface area contributed by atoms with Gasteiger partial charge < -0.3 is 4.74 Å². The normalized spacial score (nSPS) is 32.2. The third-order valence-corrected chi connectivity index (χ3v) is 0.477. The van der Waals surface area contributed by atoms with Gasteiger partial charge in [-0.25, -0.2) is 0 Å². The van der Waals surface area contributed by atoms with Crippen LogP contribution in [-0.2, 0) is 4.74 Å². The molecule has 26 valence electrons. The molecule has 0 bridgehead atoms. The Balaban J connectivity index is 2.30. The molecule has 0 aromatic heterocycles. The average molecular weight is 69.1 g/mol. The van der Waals surface area contributed by atoms with Gasteiger partial charge in [0, 0.05) is 0 Å². The van der Waals surface area contributed by atoms with Crippen molar-refractivity contribution in [3.05, 3.63) is 0 Å². The van der Waals surface area contributed by atoms with Crippen LogP contribution < -0.4 is 0 Å². The first kappa shape index (κ1) is 2.67. The highest BCUT2D eigenvalue weighted by atomic mass is 16.6. The third kappa shape index (κ3) is 0.366.